The Hall–Kier alpha value is -0.670. The molecule has 0 aliphatic carbocycles. The van der Waals surface area contributed by atoms with Crippen molar-refractivity contribution < 1.29 is 4.79 Å². The molecule has 5 heteroatoms. The predicted octanol–water partition coefficient (Wildman–Crippen LogP) is 3.02. The number of nitrogens with zero attached hydrogens (tertiary/aromatic N) is 2. The van der Waals surface area contributed by atoms with Gasteiger partial charge in [-0.15, -0.1) is 0 Å². The average Bonchev–Trinajstić information content (AvgIpc) is 2.15. The van der Waals surface area contributed by atoms with Gasteiger partial charge in [0.25, 0.3) is 5.24 Å². The van der Waals surface area contributed by atoms with E-state index < -0.39 is 5.24 Å². The van der Waals surface area contributed by atoms with Gasteiger partial charge in [0.2, 0.25) is 0 Å². The van der Waals surface area contributed by atoms with Crippen LogP contribution in [0, 0.1) is 0 Å². The summed E-state index contributed by atoms with van der Waals surface area (Å²) in [6, 6.07) is 0. The molecule has 0 aliphatic rings. The summed E-state index contributed by atoms with van der Waals surface area (Å²) in [7, 11) is 0. The van der Waals surface area contributed by atoms with Crippen molar-refractivity contribution >= 4 is 28.4 Å². The van der Waals surface area contributed by atoms with Crippen LogP contribution < -0.4 is 0 Å². The zero-order chi connectivity index (χ0) is 10.7. The van der Waals surface area contributed by atoms with Crippen LogP contribution >= 0.6 is 23.2 Å². The third-order valence-corrected chi connectivity index (χ3v) is 2.52. The first-order valence-electron chi connectivity index (χ1n) is 4.28. The van der Waals surface area contributed by atoms with Crippen molar-refractivity contribution in [2.24, 2.45) is 0 Å². The minimum atomic E-state index is -0.634. The fourth-order valence-electron chi connectivity index (χ4n) is 0.925. The smallest absolute Gasteiger partial charge is 0.257 e. The molecule has 0 saturated carbocycles. The van der Waals surface area contributed by atoms with Gasteiger partial charge in [0.05, 0.1) is 5.56 Å². The molecule has 1 rings (SSSR count). The Bertz CT molecular complexity index is 355. The van der Waals surface area contributed by atoms with Gasteiger partial charge in [0.15, 0.2) is 0 Å². The molecule has 0 radical (unpaired) electrons. The Labute approximate surface area is 92.5 Å². The van der Waals surface area contributed by atoms with Crippen LogP contribution in [0.15, 0.2) is 6.20 Å². The molecule has 0 saturated heterocycles. The molecule has 0 aliphatic heterocycles. The summed E-state index contributed by atoms with van der Waals surface area (Å²) in [5.74, 6) is 0.867. The summed E-state index contributed by atoms with van der Waals surface area (Å²) in [4.78, 5) is 18.9. The van der Waals surface area contributed by atoms with Crippen molar-refractivity contribution in [2.45, 2.75) is 26.2 Å². The van der Waals surface area contributed by atoms with Crippen LogP contribution in [0.4, 0.5) is 0 Å². The summed E-state index contributed by atoms with van der Waals surface area (Å²) >= 11 is 11.0. The molecular formula is C9H10Cl2N2O. The van der Waals surface area contributed by atoms with Crippen molar-refractivity contribution in [1.82, 2.24) is 9.97 Å². The number of aromatic nitrogens is 2. The highest BCUT2D eigenvalue weighted by Gasteiger charge is 2.13. The van der Waals surface area contributed by atoms with E-state index in [0.29, 0.717) is 5.82 Å². The highest BCUT2D eigenvalue weighted by atomic mass is 35.5. The Kier molecular flexibility index (Phi) is 3.84. The van der Waals surface area contributed by atoms with E-state index in [4.69, 9.17) is 23.2 Å². The van der Waals surface area contributed by atoms with Crippen LogP contribution in [0.1, 0.15) is 42.4 Å². The van der Waals surface area contributed by atoms with E-state index in [2.05, 4.69) is 9.97 Å². The lowest BCUT2D eigenvalue weighted by Gasteiger charge is -2.07. The van der Waals surface area contributed by atoms with E-state index >= 15 is 0 Å². The third-order valence-electron chi connectivity index (χ3n) is 2.03. The first kappa shape index (κ1) is 11.4. The van der Waals surface area contributed by atoms with Gasteiger partial charge in [0, 0.05) is 12.1 Å². The molecule has 1 aromatic rings. The van der Waals surface area contributed by atoms with Crippen molar-refractivity contribution in [3.63, 3.8) is 0 Å². The first-order valence-corrected chi connectivity index (χ1v) is 5.04. The topological polar surface area (TPSA) is 42.9 Å². The second-order valence-corrected chi connectivity index (χ2v) is 3.72. The zero-order valence-electron chi connectivity index (χ0n) is 7.92. The van der Waals surface area contributed by atoms with Crippen molar-refractivity contribution in [3.05, 3.63) is 22.7 Å². The quantitative estimate of drug-likeness (QED) is 0.595. The molecule has 0 fully saturated rings. The molecular weight excluding hydrogens is 223 g/mol. The maximum atomic E-state index is 10.8. The summed E-state index contributed by atoms with van der Waals surface area (Å²) in [6.07, 6.45) is 2.29. The van der Waals surface area contributed by atoms with E-state index in [-0.39, 0.29) is 16.6 Å². The van der Waals surface area contributed by atoms with Crippen LogP contribution in [0.5, 0.6) is 0 Å². The average molecular weight is 233 g/mol. The summed E-state index contributed by atoms with van der Waals surface area (Å²) in [6.45, 7) is 4.02. The summed E-state index contributed by atoms with van der Waals surface area (Å²) in [5, 5.41) is -0.513. The van der Waals surface area contributed by atoms with Gasteiger partial charge in [0.1, 0.15) is 11.0 Å². The Balaban J connectivity index is 3.06. The zero-order valence-corrected chi connectivity index (χ0v) is 9.43. The first-order chi connectivity index (χ1) is 6.56. The van der Waals surface area contributed by atoms with Crippen LogP contribution in [-0.2, 0) is 0 Å². The second kappa shape index (κ2) is 4.71. The summed E-state index contributed by atoms with van der Waals surface area (Å²) in [5.41, 5.74) is 0.153. The molecule has 1 atom stereocenters. The van der Waals surface area contributed by atoms with E-state index in [9.17, 15) is 4.79 Å². The maximum absolute atomic E-state index is 10.8. The van der Waals surface area contributed by atoms with Crippen LogP contribution in [-0.4, -0.2) is 15.2 Å². The normalized spacial score (nSPS) is 12.6. The van der Waals surface area contributed by atoms with Gasteiger partial charge in [-0.05, 0) is 18.0 Å². The lowest BCUT2D eigenvalue weighted by atomic mass is 10.1. The van der Waals surface area contributed by atoms with E-state index in [1.165, 1.54) is 6.20 Å². The highest BCUT2D eigenvalue weighted by molar-refractivity contribution is 6.68. The SMILES string of the molecule is CCC(C)c1ncc(C(=O)Cl)c(Cl)n1. The Morgan fingerprint density at radius 2 is 2.29 bits per heavy atom. The molecule has 1 unspecified atom stereocenters. The lowest BCUT2D eigenvalue weighted by molar-refractivity contribution is 0.108. The second-order valence-electron chi connectivity index (χ2n) is 3.02. The largest absolute Gasteiger partial charge is 0.275 e. The molecule has 76 valence electrons. The van der Waals surface area contributed by atoms with Crippen LogP contribution in [0.25, 0.3) is 0 Å². The lowest BCUT2D eigenvalue weighted by Crippen LogP contribution is -2.03. The minimum Gasteiger partial charge on any atom is -0.275 e. The fourth-order valence-corrected chi connectivity index (χ4v) is 1.33. The standard InChI is InChI=1S/C9H10Cl2N2O/c1-3-5(2)9-12-4-6(8(11)14)7(10)13-9/h4-5H,3H2,1-2H3. The monoisotopic (exact) mass is 232 g/mol. The number of hydrogen-bond acceptors (Lipinski definition) is 3. The van der Waals surface area contributed by atoms with Gasteiger partial charge >= 0.3 is 0 Å². The van der Waals surface area contributed by atoms with E-state index in [1.807, 2.05) is 13.8 Å². The molecule has 0 N–H and O–H groups in total. The molecule has 1 heterocycles. The maximum Gasteiger partial charge on any atom is 0.257 e. The number of hydrogen-bond donors (Lipinski definition) is 0. The van der Waals surface area contributed by atoms with Crippen LogP contribution in [0.2, 0.25) is 5.15 Å². The van der Waals surface area contributed by atoms with Gasteiger partial charge < -0.3 is 0 Å². The van der Waals surface area contributed by atoms with E-state index in [1.54, 1.807) is 0 Å². The Morgan fingerprint density at radius 3 is 2.71 bits per heavy atom. The molecule has 0 bridgehead atoms. The number of carbonyl (C=O) groups excluding carboxylic acids is 1. The van der Waals surface area contributed by atoms with E-state index in [0.717, 1.165) is 6.42 Å². The Morgan fingerprint density at radius 1 is 1.64 bits per heavy atom. The van der Waals surface area contributed by atoms with Crippen molar-refractivity contribution in [3.8, 4) is 0 Å². The number of halogens is 2. The van der Waals surface area contributed by atoms with Crippen LogP contribution in [0.3, 0.4) is 0 Å². The molecule has 3 nitrogen and oxygen atoms in total. The fraction of sp³-hybridized carbons (Fsp3) is 0.444. The molecule has 1 aromatic heterocycles. The predicted molar refractivity (Wildman–Crippen MR) is 55.9 cm³/mol. The van der Waals surface area contributed by atoms with Crippen molar-refractivity contribution in [2.75, 3.05) is 0 Å². The minimum absolute atomic E-state index is 0.121. The van der Waals surface area contributed by atoms with Gasteiger partial charge in [-0.25, -0.2) is 9.97 Å². The summed E-state index contributed by atoms with van der Waals surface area (Å²) < 4.78 is 0. The number of rotatable bonds is 3. The molecule has 0 aromatic carbocycles. The van der Waals surface area contributed by atoms with Gasteiger partial charge in [-0.2, -0.15) is 0 Å². The molecule has 14 heavy (non-hydrogen) atoms. The van der Waals surface area contributed by atoms with Crippen molar-refractivity contribution in [1.29, 1.82) is 0 Å². The third kappa shape index (κ3) is 2.42. The van der Waals surface area contributed by atoms with Gasteiger partial charge in [-0.1, -0.05) is 25.4 Å². The number of carbonyl (C=O) groups is 1. The van der Waals surface area contributed by atoms with Gasteiger partial charge in [-0.3, -0.25) is 4.79 Å². The molecule has 0 amide bonds. The highest BCUT2D eigenvalue weighted by Crippen LogP contribution is 2.19. The molecule has 0 spiro atoms.